The van der Waals surface area contributed by atoms with Crippen LogP contribution >= 0.6 is 27.3 Å². The Labute approximate surface area is 125 Å². The van der Waals surface area contributed by atoms with Crippen molar-refractivity contribution in [2.24, 2.45) is 0 Å². The summed E-state index contributed by atoms with van der Waals surface area (Å²) in [5, 5.41) is 2.05. The number of Topliss-reactive ketones (excluding diaryl/α,β-unsaturated/α-hetero) is 1. The van der Waals surface area contributed by atoms with E-state index in [1.54, 1.807) is 18.3 Å². The van der Waals surface area contributed by atoms with Crippen molar-refractivity contribution in [3.8, 4) is 5.75 Å². The smallest absolute Gasteiger partial charge is 0.130 e. The molecule has 0 aliphatic rings. The monoisotopic (exact) mass is 338 g/mol. The molecule has 0 saturated heterocycles. The second-order valence-electron chi connectivity index (χ2n) is 4.37. The largest absolute Gasteiger partial charge is 0.488 e. The fourth-order valence-electron chi connectivity index (χ4n) is 1.66. The molecule has 0 unspecified atom stereocenters. The maximum Gasteiger partial charge on any atom is 0.130 e. The molecule has 100 valence electrons. The summed E-state index contributed by atoms with van der Waals surface area (Å²) in [6, 6.07) is 10.0. The van der Waals surface area contributed by atoms with Gasteiger partial charge in [-0.2, -0.15) is 0 Å². The normalized spacial score (nSPS) is 10.4. The molecule has 4 heteroatoms. The minimum atomic E-state index is 0.226. The molecule has 19 heavy (non-hydrogen) atoms. The highest BCUT2D eigenvalue weighted by Crippen LogP contribution is 2.22. The van der Waals surface area contributed by atoms with Crippen LogP contribution in [0.5, 0.6) is 5.75 Å². The minimum Gasteiger partial charge on any atom is -0.488 e. The zero-order valence-electron chi connectivity index (χ0n) is 10.7. The SMILES string of the molecule is CC(=O)CCc1ccc(OCc2cc(Br)cs2)cc1. The van der Waals surface area contributed by atoms with E-state index < -0.39 is 0 Å². The van der Waals surface area contributed by atoms with Crippen molar-refractivity contribution in [3.63, 3.8) is 0 Å². The van der Waals surface area contributed by atoms with Crippen LogP contribution in [0.2, 0.25) is 0 Å². The Morgan fingerprint density at radius 1 is 1.32 bits per heavy atom. The zero-order valence-corrected chi connectivity index (χ0v) is 13.1. The Morgan fingerprint density at radius 3 is 2.63 bits per heavy atom. The summed E-state index contributed by atoms with van der Waals surface area (Å²) < 4.78 is 6.80. The molecule has 0 atom stereocenters. The van der Waals surface area contributed by atoms with Gasteiger partial charge >= 0.3 is 0 Å². The van der Waals surface area contributed by atoms with Gasteiger partial charge in [0.05, 0.1) is 0 Å². The molecule has 0 N–H and O–H groups in total. The van der Waals surface area contributed by atoms with Gasteiger partial charge in [0, 0.05) is 21.2 Å². The summed E-state index contributed by atoms with van der Waals surface area (Å²) in [5.74, 6) is 1.08. The molecule has 0 amide bonds. The molecule has 2 rings (SSSR count). The Hall–Kier alpha value is -1.13. The van der Waals surface area contributed by atoms with Crippen LogP contribution in [-0.4, -0.2) is 5.78 Å². The van der Waals surface area contributed by atoms with Gasteiger partial charge in [0.15, 0.2) is 0 Å². The highest BCUT2D eigenvalue weighted by Gasteiger charge is 2.01. The van der Waals surface area contributed by atoms with E-state index in [0.717, 1.165) is 16.6 Å². The molecule has 0 aliphatic heterocycles. The number of rotatable bonds is 6. The maximum atomic E-state index is 10.9. The summed E-state index contributed by atoms with van der Waals surface area (Å²) in [7, 11) is 0. The molecule has 0 radical (unpaired) electrons. The maximum absolute atomic E-state index is 10.9. The lowest BCUT2D eigenvalue weighted by Crippen LogP contribution is -1.95. The molecule has 0 bridgehead atoms. The van der Waals surface area contributed by atoms with Gasteiger partial charge in [-0.1, -0.05) is 12.1 Å². The van der Waals surface area contributed by atoms with Gasteiger partial charge in [0.25, 0.3) is 0 Å². The van der Waals surface area contributed by atoms with E-state index in [2.05, 4.69) is 22.0 Å². The molecule has 0 aliphatic carbocycles. The number of hydrogen-bond donors (Lipinski definition) is 0. The van der Waals surface area contributed by atoms with E-state index in [1.807, 2.05) is 29.6 Å². The summed E-state index contributed by atoms with van der Waals surface area (Å²) in [4.78, 5) is 12.1. The van der Waals surface area contributed by atoms with Crippen molar-refractivity contribution in [2.75, 3.05) is 0 Å². The van der Waals surface area contributed by atoms with Crippen molar-refractivity contribution >= 4 is 33.0 Å². The van der Waals surface area contributed by atoms with Gasteiger partial charge in [-0.15, -0.1) is 11.3 Å². The van der Waals surface area contributed by atoms with Crippen LogP contribution in [0.4, 0.5) is 0 Å². The first kappa shape index (κ1) is 14.3. The Bertz CT molecular complexity index is 546. The van der Waals surface area contributed by atoms with E-state index in [-0.39, 0.29) is 5.78 Å². The third kappa shape index (κ3) is 4.80. The molecule has 2 nitrogen and oxygen atoms in total. The second-order valence-corrected chi connectivity index (χ2v) is 6.28. The number of halogens is 1. The Morgan fingerprint density at radius 2 is 2.05 bits per heavy atom. The number of ether oxygens (including phenoxy) is 1. The quantitative estimate of drug-likeness (QED) is 0.768. The van der Waals surface area contributed by atoms with Crippen LogP contribution in [-0.2, 0) is 17.8 Å². The minimum absolute atomic E-state index is 0.226. The number of ketones is 1. The Balaban J connectivity index is 1.86. The lowest BCUT2D eigenvalue weighted by molar-refractivity contribution is -0.116. The summed E-state index contributed by atoms with van der Waals surface area (Å²) in [5.41, 5.74) is 1.17. The molecular formula is C15H15BrO2S. The summed E-state index contributed by atoms with van der Waals surface area (Å²) >= 11 is 5.10. The lowest BCUT2D eigenvalue weighted by Gasteiger charge is -2.05. The molecule has 0 fully saturated rings. The van der Waals surface area contributed by atoms with Crippen molar-refractivity contribution in [1.29, 1.82) is 0 Å². The van der Waals surface area contributed by atoms with Gasteiger partial charge in [-0.3, -0.25) is 0 Å². The van der Waals surface area contributed by atoms with E-state index in [9.17, 15) is 4.79 Å². The van der Waals surface area contributed by atoms with Crippen LogP contribution in [0.25, 0.3) is 0 Å². The third-order valence-corrected chi connectivity index (χ3v) is 4.36. The second kappa shape index (κ2) is 6.87. The molecule has 2 aromatic rings. The standard InChI is InChI=1S/C15H15BrO2S/c1-11(17)2-3-12-4-6-14(7-5-12)18-9-15-8-13(16)10-19-15/h4-8,10H,2-3,9H2,1H3. The zero-order chi connectivity index (χ0) is 13.7. The fraction of sp³-hybridized carbons (Fsp3) is 0.267. The summed E-state index contributed by atoms with van der Waals surface area (Å²) in [6.07, 6.45) is 1.40. The molecule has 1 aromatic carbocycles. The highest BCUT2D eigenvalue weighted by atomic mass is 79.9. The number of benzene rings is 1. The van der Waals surface area contributed by atoms with E-state index in [0.29, 0.717) is 13.0 Å². The van der Waals surface area contributed by atoms with Crippen molar-refractivity contribution < 1.29 is 9.53 Å². The van der Waals surface area contributed by atoms with Crippen LogP contribution in [0, 0.1) is 0 Å². The van der Waals surface area contributed by atoms with E-state index in [4.69, 9.17) is 4.74 Å². The Kier molecular flexibility index (Phi) is 5.16. The number of aryl methyl sites for hydroxylation is 1. The van der Waals surface area contributed by atoms with Crippen LogP contribution < -0.4 is 4.74 Å². The third-order valence-electron chi connectivity index (χ3n) is 2.69. The van der Waals surface area contributed by atoms with E-state index >= 15 is 0 Å². The average molecular weight is 339 g/mol. The van der Waals surface area contributed by atoms with Gasteiger partial charge in [-0.05, 0) is 53.0 Å². The first-order chi connectivity index (χ1) is 9.13. The number of carbonyl (C=O) groups excluding carboxylic acids is 1. The van der Waals surface area contributed by atoms with Crippen molar-refractivity contribution in [1.82, 2.24) is 0 Å². The molecular weight excluding hydrogens is 324 g/mol. The number of carbonyl (C=O) groups is 1. The predicted molar refractivity (Wildman–Crippen MR) is 81.8 cm³/mol. The van der Waals surface area contributed by atoms with Crippen LogP contribution in [0.3, 0.4) is 0 Å². The first-order valence-corrected chi connectivity index (χ1v) is 7.75. The highest BCUT2D eigenvalue weighted by molar-refractivity contribution is 9.10. The van der Waals surface area contributed by atoms with E-state index in [1.165, 1.54) is 10.4 Å². The van der Waals surface area contributed by atoms with Gasteiger partial charge in [-0.25, -0.2) is 0 Å². The van der Waals surface area contributed by atoms with Crippen LogP contribution in [0.15, 0.2) is 40.2 Å². The van der Waals surface area contributed by atoms with Crippen LogP contribution in [0.1, 0.15) is 23.8 Å². The lowest BCUT2D eigenvalue weighted by atomic mass is 10.1. The first-order valence-electron chi connectivity index (χ1n) is 6.07. The fourth-order valence-corrected chi connectivity index (χ4v) is 3.02. The number of thiophene rings is 1. The van der Waals surface area contributed by atoms with Crippen molar-refractivity contribution in [2.45, 2.75) is 26.4 Å². The molecule has 0 spiro atoms. The topological polar surface area (TPSA) is 26.3 Å². The molecule has 1 heterocycles. The van der Waals surface area contributed by atoms with Gasteiger partial charge in [0.2, 0.25) is 0 Å². The van der Waals surface area contributed by atoms with Crippen molar-refractivity contribution in [3.05, 3.63) is 50.6 Å². The van der Waals surface area contributed by atoms with Gasteiger partial charge < -0.3 is 9.53 Å². The number of hydrogen-bond acceptors (Lipinski definition) is 3. The molecule has 1 aromatic heterocycles. The summed E-state index contributed by atoms with van der Waals surface area (Å²) in [6.45, 7) is 2.21. The molecule has 0 saturated carbocycles. The average Bonchev–Trinajstić information content (AvgIpc) is 2.81. The van der Waals surface area contributed by atoms with Gasteiger partial charge in [0.1, 0.15) is 18.1 Å². The predicted octanol–water partition coefficient (Wildman–Crippen LogP) is 4.61.